The first-order valence-corrected chi connectivity index (χ1v) is 7.94. The Hall–Kier alpha value is -2.03. The van der Waals surface area contributed by atoms with Crippen molar-refractivity contribution < 1.29 is 9.18 Å². The van der Waals surface area contributed by atoms with Gasteiger partial charge in [-0.2, -0.15) is 5.26 Å². The number of carbonyl (C=O) groups is 1. The molecule has 0 aliphatic heterocycles. The van der Waals surface area contributed by atoms with Crippen molar-refractivity contribution in [2.45, 2.75) is 5.75 Å². The number of amides is 1. The second-order valence-corrected chi connectivity index (χ2v) is 5.79. The normalized spacial score (nSPS) is 10.0. The number of nitrogens with one attached hydrogen (secondary N) is 1. The number of nitriles is 1. The smallest absolute Gasteiger partial charge is 0.234 e. The number of carbonyl (C=O) groups excluding carboxylic acids is 1. The molecule has 0 bridgehead atoms. The van der Waals surface area contributed by atoms with Crippen LogP contribution in [0.3, 0.4) is 0 Å². The lowest BCUT2D eigenvalue weighted by Gasteiger charge is -2.08. The fraction of sp³-hybridized carbons (Fsp3) is 0.125. The Labute approximate surface area is 137 Å². The van der Waals surface area contributed by atoms with E-state index in [0.29, 0.717) is 27.6 Å². The molecule has 0 atom stereocenters. The fourth-order valence-corrected chi connectivity index (χ4v) is 2.96. The number of anilines is 1. The molecule has 0 aliphatic carbocycles. The second-order valence-electron chi connectivity index (χ2n) is 4.40. The predicted molar refractivity (Wildman–Crippen MR) is 87.4 cm³/mol. The first kappa shape index (κ1) is 16.3. The average Bonchev–Trinajstić information content (AvgIpc) is 2.51. The number of nitrogens with zero attached hydrogens (tertiary/aromatic N) is 1. The van der Waals surface area contributed by atoms with Crippen LogP contribution in [-0.4, -0.2) is 11.7 Å². The summed E-state index contributed by atoms with van der Waals surface area (Å²) in [4.78, 5) is 11.9. The van der Waals surface area contributed by atoms with Crippen LogP contribution in [0.2, 0.25) is 5.02 Å². The summed E-state index contributed by atoms with van der Waals surface area (Å²) >= 11 is 7.18. The number of rotatable bonds is 5. The maximum atomic E-state index is 13.6. The van der Waals surface area contributed by atoms with Crippen molar-refractivity contribution in [3.63, 3.8) is 0 Å². The van der Waals surface area contributed by atoms with E-state index in [-0.39, 0.29) is 17.5 Å². The molecule has 1 amide bonds. The first-order valence-electron chi connectivity index (χ1n) is 6.41. The highest BCUT2D eigenvalue weighted by Crippen LogP contribution is 2.24. The monoisotopic (exact) mass is 334 g/mol. The summed E-state index contributed by atoms with van der Waals surface area (Å²) < 4.78 is 13.6. The van der Waals surface area contributed by atoms with Gasteiger partial charge in [-0.15, -0.1) is 11.8 Å². The first-order chi connectivity index (χ1) is 10.6. The van der Waals surface area contributed by atoms with Crippen molar-refractivity contribution in [3.05, 3.63) is 64.4 Å². The van der Waals surface area contributed by atoms with Crippen LogP contribution in [0.1, 0.15) is 11.1 Å². The highest BCUT2D eigenvalue weighted by Gasteiger charge is 2.10. The summed E-state index contributed by atoms with van der Waals surface area (Å²) in [6.07, 6.45) is 0. The van der Waals surface area contributed by atoms with Gasteiger partial charge in [0.15, 0.2) is 0 Å². The minimum absolute atomic E-state index is 0.143. The lowest BCUT2D eigenvalue weighted by Crippen LogP contribution is -2.15. The third-order valence-electron chi connectivity index (χ3n) is 2.86. The number of hydrogen-bond acceptors (Lipinski definition) is 3. The zero-order chi connectivity index (χ0) is 15.9. The molecule has 3 nitrogen and oxygen atoms in total. The Kier molecular flexibility index (Phi) is 5.82. The summed E-state index contributed by atoms with van der Waals surface area (Å²) in [5, 5.41) is 12.0. The van der Waals surface area contributed by atoms with E-state index < -0.39 is 0 Å². The van der Waals surface area contributed by atoms with E-state index in [2.05, 4.69) is 5.32 Å². The van der Waals surface area contributed by atoms with Crippen LogP contribution in [0, 0.1) is 17.1 Å². The van der Waals surface area contributed by atoms with Gasteiger partial charge in [0, 0.05) is 16.3 Å². The van der Waals surface area contributed by atoms with Gasteiger partial charge in [0.05, 0.1) is 17.0 Å². The van der Waals surface area contributed by atoms with Crippen LogP contribution >= 0.6 is 23.4 Å². The minimum atomic E-state index is -0.379. The Bertz CT molecular complexity index is 710. The maximum absolute atomic E-state index is 13.6. The van der Waals surface area contributed by atoms with Crippen molar-refractivity contribution in [1.82, 2.24) is 0 Å². The van der Waals surface area contributed by atoms with Crippen molar-refractivity contribution >= 4 is 35.0 Å². The van der Waals surface area contributed by atoms with Crippen molar-refractivity contribution in [2.75, 3.05) is 11.1 Å². The molecule has 0 heterocycles. The van der Waals surface area contributed by atoms with E-state index in [1.807, 2.05) is 6.07 Å². The van der Waals surface area contributed by atoms with Crippen LogP contribution in [0.5, 0.6) is 0 Å². The molecule has 0 aromatic heterocycles. The number of thioether (sulfide) groups is 1. The van der Waals surface area contributed by atoms with Gasteiger partial charge in [0.1, 0.15) is 11.9 Å². The Morgan fingerprint density at radius 1 is 1.27 bits per heavy atom. The lowest BCUT2D eigenvalue weighted by molar-refractivity contribution is -0.113. The number of para-hydroxylation sites is 1. The molecule has 0 fully saturated rings. The quantitative estimate of drug-likeness (QED) is 0.890. The van der Waals surface area contributed by atoms with Gasteiger partial charge >= 0.3 is 0 Å². The molecule has 1 N–H and O–H groups in total. The van der Waals surface area contributed by atoms with Crippen molar-refractivity contribution in [2.24, 2.45) is 0 Å². The van der Waals surface area contributed by atoms with E-state index in [4.69, 9.17) is 16.9 Å². The molecule has 0 spiro atoms. The molecule has 2 rings (SSSR count). The lowest BCUT2D eigenvalue weighted by atomic mass is 10.2. The van der Waals surface area contributed by atoms with Gasteiger partial charge in [-0.3, -0.25) is 4.79 Å². The van der Waals surface area contributed by atoms with Gasteiger partial charge in [-0.1, -0.05) is 29.8 Å². The van der Waals surface area contributed by atoms with Crippen molar-refractivity contribution in [3.8, 4) is 6.07 Å². The number of halogens is 2. The molecule has 22 heavy (non-hydrogen) atoms. The van der Waals surface area contributed by atoms with E-state index >= 15 is 0 Å². The SMILES string of the molecule is N#Cc1ccccc1NC(=O)CSCc1c(F)cccc1Cl. The molecule has 0 aliphatic rings. The molecule has 112 valence electrons. The van der Waals surface area contributed by atoms with Crippen LogP contribution in [0.25, 0.3) is 0 Å². The van der Waals surface area contributed by atoms with Crippen LogP contribution in [0.4, 0.5) is 10.1 Å². The largest absolute Gasteiger partial charge is 0.324 e. The summed E-state index contributed by atoms with van der Waals surface area (Å²) in [6, 6.07) is 13.3. The predicted octanol–water partition coefficient (Wildman–Crippen LogP) is 4.22. The number of benzene rings is 2. The summed E-state index contributed by atoms with van der Waals surface area (Å²) in [7, 11) is 0. The second kappa shape index (κ2) is 7.83. The van der Waals surface area contributed by atoms with Gasteiger partial charge in [0.2, 0.25) is 5.91 Å². The Morgan fingerprint density at radius 3 is 2.77 bits per heavy atom. The summed E-state index contributed by atoms with van der Waals surface area (Å²) in [6.45, 7) is 0. The van der Waals surface area contributed by atoms with Crippen LogP contribution in [0.15, 0.2) is 42.5 Å². The van der Waals surface area contributed by atoms with E-state index in [1.54, 1.807) is 30.3 Å². The molecule has 0 unspecified atom stereocenters. The summed E-state index contributed by atoms with van der Waals surface area (Å²) in [5.41, 5.74) is 1.26. The fourth-order valence-electron chi connectivity index (χ4n) is 1.79. The third-order valence-corrected chi connectivity index (χ3v) is 4.18. The maximum Gasteiger partial charge on any atom is 0.234 e. The van der Waals surface area contributed by atoms with E-state index in [0.717, 1.165) is 0 Å². The molecule has 2 aromatic carbocycles. The molecule has 6 heteroatoms. The zero-order valence-corrected chi connectivity index (χ0v) is 13.0. The standard InChI is InChI=1S/C16H12ClFN2OS/c17-13-5-3-6-14(18)12(13)9-22-10-16(21)20-15-7-2-1-4-11(15)8-19/h1-7H,9-10H2,(H,20,21). The molecule has 0 radical (unpaired) electrons. The molecule has 0 saturated carbocycles. The minimum Gasteiger partial charge on any atom is -0.324 e. The van der Waals surface area contributed by atoms with Gasteiger partial charge in [0.25, 0.3) is 0 Å². The Morgan fingerprint density at radius 2 is 2.05 bits per heavy atom. The van der Waals surface area contributed by atoms with Crippen molar-refractivity contribution in [1.29, 1.82) is 5.26 Å². The molecule has 0 saturated heterocycles. The highest BCUT2D eigenvalue weighted by molar-refractivity contribution is 7.99. The van der Waals surface area contributed by atoms with Gasteiger partial charge < -0.3 is 5.32 Å². The third kappa shape index (κ3) is 4.23. The number of hydrogen-bond donors (Lipinski definition) is 1. The zero-order valence-electron chi connectivity index (χ0n) is 11.5. The van der Waals surface area contributed by atoms with Gasteiger partial charge in [-0.25, -0.2) is 4.39 Å². The topological polar surface area (TPSA) is 52.9 Å². The average molecular weight is 335 g/mol. The molecular weight excluding hydrogens is 323 g/mol. The van der Waals surface area contributed by atoms with Crippen LogP contribution < -0.4 is 5.32 Å². The van der Waals surface area contributed by atoms with E-state index in [9.17, 15) is 9.18 Å². The highest BCUT2D eigenvalue weighted by atomic mass is 35.5. The molecule has 2 aromatic rings. The van der Waals surface area contributed by atoms with Gasteiger partial charge in [-0.05, 0) is 24.3 Å². The Balaban J connectivity index is 1.90. The molecular formula is C16H12ClFN2OS. The summed E-state index contributed by atoms with van der Waals surface area (Å²) in [5.74, 6) is -0.182. The van der Waals surface area contributed by atoms with Crippen LogP contribution in [-0.2, 0) is 10.5 Å². The van der Waals surface area contributed by atoms with E-state index in [1.165, 1.54) is 23.9 Å².